The second kappa shape index (κ2) is 6.79. The molecule has 4 N–H and O–H groups in total. The summed E-state index contributed by atoms with van der Waals surface area (Å²) in [6, 6.07) is 1.77. The Morgan fingerprint density at radius 3 is 2.82 bits per heavy atom. The van der Waals surface area contributed by atoms with Crippen LogP contribution in [0.5, 0.6) is 0 Å². The van der Waals surface area contributed by atoms with E-state index in [1.165, 1.54) is 11.8 Å². The number of primary amides is 1. The molecule has 1 heterocycles. The number of aromatic nitrogens is 2. The molecule has 7 nitrogen and oxygen atoms in total. The Morgan fingerprint density at radius 1 is 1.53 bits per heavy atom. The third-order valence-electron chi connectivity index (χ3n) is 1.80. The van der Waals surface area contributed by atoms with Crippen molar-refractivity contribution < 1.29 is 9.53 Å². The standard InChI is InChI=1S/C9H15N5O2S/c1-11-6-5-7(14-9(13-6)17-2)12-3-4-16-8(10)15/h5H,3-4H2,1-2H3,(H2,10,15)(H2,11,12,13,14). The van der Waals surface area contributed by atoms with Gasteiger partial charge in [-0.05, 0) is 6.26 Å². The molecule has 0 fully saturated rings. The van der Waals surface area contributed by atoms with Crippen LogP contribution < -0.4 is 16.4 Å². The lowest BCUT2D eigenvalue weighted by Gasteiger charge is -2.08. The number of carbonyl (C=O) groups excluding carboxylic acids is 1. The summed E-state index contributed by atoms with van der Waals surface area (Å²) in [6.07, 6.45) is 1.12. The fourth-order valence-corrected chi connectivity index (χ4v) is 1.45. The minimum atomic E-state index is -0.782. The topological polar surface area (TPSA) is 102 Å². The Morgan fingerprint density at radius 2 is 2.24 bits per heavy atom. The molecule has 0 aliphatic carbocycles. The van der Waals surface area contributed by atoms with Crippen molar-refractivity contribution in [1.29, 1.82) is 0 Å². The minimum Gasteiger partial charge on any atom is -0.448 e. The zero-order valence-electron chi connectivity index (χ0n) is 9.69. The molecule has 1 aromatic rings. The lowest BCUT2D eigenvalue weighted by molar-refractivity contribution is 0.161. The molecule has 94 valence electrons. The summed E-state index contributed by atoms with van der Waals surface area (Å²) in [5, 5.41) is 6.62. The van der Waals surface area contributed by atoms with Crippen molar-refractivity contribution in [1.82, 2.24) is 9.97 Å². The fourth-order valence-electron chi connectivity index (χ4n) is 1.07. The summed E-state index contributed by atoms with van der Waals surface area (Å²) >= 11 is 1.45. The van der Waals surface area contributed by atoms with Crippen molar-refractivity contribution in [2.24, 2.45) is 5.73 Å². The molecule has 17 heavy (non-hydrogen) atoms. The van der Waals surface area contributed by atoms with Crippen LogP contribution in [-0.2, 0) is 4.74 Å². The van der Waals surface area contributed by atoms with Gasteiger partial charge in [-0.1, -0.05) is 11.8 Å². The van der Waals surface area contributed by atoms with Gasteiger partial charge < -0.3 is 21.1 Å². The highest BCUT2D eigenvalue weighted by molar-refractivity contribution is 7.98. The van der Waals surface area contributed by atoms with Gasteiger partial charge in [-0.3, -0.25) is 0 Å². The Balaban J connectivity index is 2.54. The van der Waals surface area contributed by atoms with Gasteiger partial charge in [-0.15, -0.1) is 0 Å². The van der Waals surface area contributed by atoms with Crippen LogP contribution in [0.25, 0.3) is 0 Å². The number of rotatable bonds is 6. The van der Waals surface area contributed by atoms with Crippen LogP contribution in [0.3, 0.4) is 0 Å². The summed E-state index contributed by atoms with van der Waals surface area (Å²) < 4.78 is 4.59. The lowest BCUT2D eigenvalue weighted by Crippen LogP contribution is -2.18. The highest BCUT2D eigenvalue weighted by atomic mass is 32.2. The van der Waals surface area contributed by atoms with Gasteiger partial charge >= 0.3 is 6.09 Å². The second-order valence-corrected chi connectivity index (χ2v) is 3.74. The van der Waals surface area contributed by atoms with E-state index < -0.39 is 6.09 Å². The minimum absolute atomic E-state index is 0.197. The number of thioether (sulfide) groups is 1. The Kier molecular flexibility index (Phi) is 5.34. The number of anilines is 2. The van der Waals surface area contributed by atoms with E-state index in [-0.39, 0.29) is 6.61 Å². The molecule has 0 spiro atoms. The highest BCUT2D eigenvalue weighted by Gasteiger charge is 2.02. The van der Waals surface area contributed by atoms with Crippen molar-refractivity contribution in [3.8, 4) is 0 Å². The predicted molar refractivity (Wildman–Crippen MR) is 67.4 cm³/mol. The number of ether oxygens (including phenoxy) is 1. The first-order valence-electron chi connectivity index (χ1n) is 4.92. The Labute approximate surface area is 104 Å². The van der Waals surface area contributed by atoms with Crippen LogP contribution in [-0.4, -0.2) is 42.5 Å². The first-order valence-corrected chi connectivity index (χ1v) is 6.15. The second-order valence-electron chi connectivity index (χ2n) is 2.97. The molecule has 0 atom stereocenters. The molecular weight excluding hydrogens is 242 g/mol. The third-order valence-corrected chi connectivity index (χ3v) is 2.34. The molecule has 8 heteroatoms. The maximum atomic E-state index is 10.3. The van der Waals surface area contributed by atoms with Crippen LogP contribution in [0.1, 0.15) is 0 Å². The van der Waals surface area contributed by atoms with E-state index in [2.05, 4.69) is 25.3 Å². The largest absolute Gasteiger partial charge is 0.448 e. The van der Waals surface area contributed by atoms with E-state index in [1.807, 2.05) is 6.26 Å². The van der Waals surface area contributed by atoms with Crippen molar-refractivity contribution in [3.63, 3.8) is 0 Å². The first-order chi connectivity index (χ1) is 8.15. The van der Waals surface area contributed by atoms with Crippen LogP contribution in [0.15, 0.2) is 11.2 Å². The van der Waals surface area contributed by atoms with Crippen LogP contribution >= 0.6 is 11.8 Å². The zero-order valence-corrected chi connectivity index (χ0v) is 10.5. The van der Waals surface area contributed by atoms with Crippen LogP contribution in [0.2, 0.25) is 0 Å². The van der Waals surface area contributed by atoms with E-state index >= 15 is 0 Å². The highest BCUT2D eigenvalue weighted by Crippen LogP contribution is 2.16. The molecule has 1 amide bonds. The van der Waals surface area contributed by atoms with E-state index in [0.29, 0.717) is 17.5 Å². The van der Waals surface area contributed by atoms with Gasteiger partial charge in [0, 0.05) is 13.1 Å². The third kappa shape index (κ3) is 4.77. The molecule has 0 unspecified atom stereocenters. The molecular formula is C9H15N5O2S. The molecule has 1 rings (SSSR count). The number of hydrogen-bond acceptors (Lipinski definition) is 7. The molecule has 1 aromatic heterocycles. The number of hydrogen-bond donors (Lipinski definition) is 3. The van der Waals surface area contributed by atoms with Gasteiger partial charge in [0.25, 0.3) is 0 Å². The fraction of sp³-hybridized carbons (Fsp3) is 0.444. The van der Waals surface area contributed by atoms with Crippen molar-refractivity contribution in [2.75, 3.05) is 37.1 Å². The van der Waals surface area contributed by atoms with E-state index in [9.17, 15) is 4.79 Å². The monoisotopic (exact) mass is 257 g/mol. The van der Waals surface area contributed by atoms with Crippen molar-refractivity contribution in [2.45, 2.75) is 5.16 Å². The average Bonchev–Trinajstić information content (AvgIpc) is 2.34. The summed E-state index contributed by atoms with van der Waals surface area (Å²) in [7, 11) is 1.78. The number of nitrogens with zero attached hydrogens (tertiary/aromatic N) is 2. The number of nitrogens with one attached hydrogen (secondary N) is 2. The summed E-state index contributed by atoms with van der Waals surface area (Å²) in [6.45, 7) is 0.639. The van der Waals surface area contributed by atoms with Crippen molar-refractivity contribution >= 4 is 29.5 Å². The normalized spacial score (nSPS) is 9.76. The molecule has 0 saturated carbocycles. The van der Waals surface area contributed by atoms with E-state index in [0.717, 1.165) is 5.82 Å². The predicted octanol–water partition coefficient (Wildman–Crippen LogP) is 0.747. The summed E-state index contributed by atoms with van der Waals surface area (Å²) in [5.41, 5.74) is 4.84. The van der Waals surface area contributed by atoms with E-state index in [4.69, 9.17) is 5.73 Å². The van der Waals surface area contributed by atoms with E-state index in [1.54, 1.807) is 13.1 Å². The molecule has 0 saturated heterocycles. The number of nitrogens with two attached hydrogens (primary N) is 1. The average molecular weight is 257 g/mol. The summed E-state index contributed by atoms with van der Waals surface area (Å²) in [4.78, 5) is 18.8. The van der Waals surface area contributed by atoms with Gasteiger partial charge in [0.15, 0.2) is 5.16 Å². The quantitative estimate of drug-likeness (QED) is 0.392. The van der Waals surface area contributed by atoms with Gasteiger partial charge in [-0.25, -0.2) is 14.8 Å². The van der Waals surface area contributed by atoms with Crippen LogP contribution in [0, 0.1) is 0 Å². The zero-order chi connectivity index (χ0) is 12.7. The number of amides is 1. The maximum Gasteiger partial charge on any atom is 0.404 e. The SMILES string of the molecule is CNc1cc(NCCOC(N)=O)nc(SC)n1. The smallest absolute Gasteiger partial charge is 0.404 e. The van der Waals surface area contributed by atoms with Gasteiger partial charge in [0.2, 0.25) is 0 Å². The Bertz CT molecular complexity index is 365. The molecule has 0 aliphatic heterocycles. The molecule has 0 bridgehead atoms. The first kappa shape index (κ1) is 13.4. The van der Waals surface area contributed by atoms with Gasteiger partial charge in [0.05, 0.1) is 6.54 Å². The molecule has 0 aromatic carbocycles. The molecule has 0 aliphatic rings. The van der Waals surface area contributed by atoms with Gasteiger partial charge in [0.1, 0.15) is 18.2 Å². The molecule has 0 radical (unpaired) electrons. The lowest BCUT2D eigenvalue weighted by atomic mass is 10.5. The van der Waals surface area contributed by atoms with Crippen LogP contribution in [0.4, 0.5) is 16.4 Å². The van der Waals surface area contributed by atoms with Crippen molar-refractivity contribution in [3.05, 3.63) is 6.07 Å². The summed E-state index contributed by atoms with van der Waals surface area (Å²) in [5.74, 6) is 1.39. The maximum absolute atomic E-state index is 10.3. The Hall–Kier alpha value is -1.70. The number of carbonyl (C=O) groups is 1. The van der Waals surface area contributed by atoms with Gasteiger partial charge in [-0.2, -0.15) is 0 Å².